The molecule has 0 radical (unpaired) electrons. The van der Waals surface area contributed by atoms with Gasteiger partial charge in [-0.15, -0.1) is 0 Å². The van der Waals surface area contributed by atoms with Gasteiger partial charge in [-0.3, -0.25) is 9.59 Å². The van der Waals surface area contributed by atoms with Crippen LogP contribution >= 0.6 is 11.3 Å². The van der Waals surface area contributed by atoms with Gasteiger partial charge >= 0.3 is 0 Å². The number of rotatable bonds is 5. The third-order valence-corrected chi connectivity index (χ3v) is 4.60. The minimum Gasteiger partial charge on any atom is -0.349 e. The summed E-state index contributed by atoms with van der Waals surface area (Å²) in [6.07, 6.45) is 3.77. The molecular formula is C16H17N5O2S. The van der Waals surface area contributed by atoms with Gasteiger partial charge in [-0.1, -0.05) is 11.3 Å². The van der Waals surface area contributed by atoms with Gasteiger partial charge in [-0.25, -0.2) is 9.67 Å². The van der Waals surface area contributed by atoms with Crippen LogP contribution in [0, 0.1) is 13.8 Å². The maximum Gasteiger partial charge on any atom is 0.266 e. The fourth-order valence-electron chi connectivity index (χ4n) is 2.23. The van der Waals surface area contributed by atoms with E-state index in [0.717, 1.165) is 10.8 Å². The van der Waals surface area contributed by atoms with Gasteiger partial charge in [-0.2, -0.15) is 5.10 Å². The van der Waals surface area contributed by atoms with Crippen molar-refractivity contribution in [1.29, 1.82) is 0 Å². The summed E-state index contributed by atoms with van der Waals surface area (Å²) in [5.41, 5.74) is 1.27. The van der Waals surface area contributed by atoms with Crippen molar-refractivity contribution < 1.29 is 4.79 Å². The zero-order valence-electron chi connectivity index (χ0n) is 13.4. The first-order valence-corrected chi connectivity index (χ1v) is 8.30. The SMILES string of the molecule is Cc1ccc(=O)n(CCNC(=O)c2sc(-n3cccc3)nc2C)n1. The average Bonchev–Trinajstić information content (AvgIpc) is 3.20. The number of carbonyl (C=O) groups excluding carboxylic acids is 1. The van der Waals surface area contributed by atoms with Crippen LogP contribution in [0.5, 0.6) is 0 Å². The van der Waals surface area contributed by atoms with E-state index < -0.39 is 0 Å². The molecule has 0 saturated carbocycles. The van der Waals surface area contributed by atoms with E-state index >= 15 is 0 Å². The number of thiazole rings is 1. The van der Waals surface area contributed by atoms with Gasteiger partial charge in [0.05, 0.1) is 17.9 Å². The van der Waals surface area contributed by atoms with Crippen LogP contribution in [0.3, 0.4) is 0 Å². The molecule has 0 fully saturated rings. The van der Waals surface area contributed by atoms with Crippen molar-refractivity contribution >= 4 is 17.2 Å². The van der Waals surface area contributed by atoms with E-state index in [2.05, 4.69) is 15.4 Å². The van der Waals surface area contributed by atoms with Crippen LogP contribution in [0.25, 0.3) is 5.13 Å². The molecular weight excluding hydrogens is 326 g/mol. The van der Waals surface area contributed by atoms with Crippen molar-refractivity contribution in [3.8, 4) is 5.13 Å². The van der Waals surface area contributed by atoms with Crippen molar-refractivity contribution in [3.63, 3.8) is 0 Å². The van der Waals surface area contributed by atoms with Gasteiger partial charge in [0.15, 0.2) is 5.13 Å². The number of aromatic nitrogens is 4. The topological polar surface area (TPSA) is 81.8 Å². The maximum absolute atomic E-state index is 12.3. The Balaban J connectivity index is 1.65. The van der Waals surface area contributed by atoms with Crippen molar-refractivity contribution in [2.45, 2.75) is 20.4 Å². The number of nitrogens with zero attached hydrogens (tertiary/aromatic N) is 4. The predicted molar refractivity (Wildman–Crippen MR) is 91.7 cm³/mol. The average molecular weight is 343 g/mol. The first-order valence-electron chi connectivity index (χ1n) is 7.48. The Morgan fingerprint density at radius 1 is 1.25 bits per heavy atom. The van der Waals surface area contributed by atoms with Crippen molar-refractivity contribution in [2.24, 2.45) is 0 Å². The van der Waals surface area contributed by atoms with Crippen molar-refractivity contribution in [2.75, 3.05) is 6.54 Å². The molecule has 3 heterocycles. The second-order valence-electron chi connectivity index (χ2n) is 5.29. The van der Waals surface area contributed by atoms with Crippen molar-refractivity contribution in [1.82, 2.24) is 24.6 Å². The molecule has 3 aromatic heterocycles. The molecule has 24 heavy (non-hydrogen) atoms. The lowest BCUT2D eigenvalue weighted by Crippen LogP contribution is -2.31. The van der Waals surface area contributed by atoms with Crippen LogP contribution in [0.2, 0.25) is 0 Å². The smallest absolute Gasteiger partial charge is 0.266 e. The highest BCUT2D eigenvalue weighted by Crippen LogP contribution is 2.21. The molecule has 0 atom stereocenters. The van der Waals surface area contributed by atoms with Crippen LogP contribution in [0.1, 0.15) is 21.1 Å². The third kappa shape index (κ3) is 3.43. The van der Waals surface area contributed by atoms with Crippen LogP contribution in [0.15, 0.2) is 41.5 Å². The van der Waals surface area contributed by atoms with E-state index in [1.165, 1.54) is 22.1 Å². The summed E-state index contributed by atoms with van der Waals surface area (Å²) >= 11 is 1.33. The standard InChI is InChI=1S/C16H17N5O2S/c1-11-5-6-13(22)21(19-11)10-7-17-15(23)14-12(2)18-16(24-14)20-8-3-4-9-20/h3-6,8-9H,7,10H2,1-2H3,(H,17,23). The van der Waals surface area contributed by atoms with Gasteiger partial charge in [0, 0.05) is 25.0 Å². The fraction of sp³-hybridized carbons (Fsp3) is 0.250. The fourth-order valence-corrected chi connectivity index (χ4v) is 3.18. The second kappa shape index (κ2) is 6.79. The Morgan fingerprint density at radius 2 is 2.00 bits per heavy atom. The number of carbonyl (C=O) groups is 1. The number of amides is 1. The molecule has 3 rings (SSSR count). The van der Waals surface area contributed by atoms with Gasteiger partial charge in [0.1, 0.15) is 4.88 Å². The molecule has 0 saturated heterocycles. The normalized spacial score (nSPS) is 10.8. The molecule has 3 aromatic rings. The Bertz CT molecular complexity index is 911. The zero-order chi connectivity index (χ0) is 17.1. The highest BCUT2D eigenvalue weighted by atomic mass is 32.1. The molecule has 0 aromatic carbocycles. The highest BCUT2D eigenvalue weighted by molar-refractivity contribution is 7.16. The predicted octanol–water partition coefficient (Wildman–Crippen LogP) is 1.54. The zero-order valence-corrected chi connectivity index (χ0v) is 14.2. The summed E-state index contributed by atoms with van der Waals surface area (Å²) in [5, 5.41) is 7.70. The molecule has 0 unspecified atom stereocenters. The molecule has 1 amide bonds. The largest absolute Gasteiger partial charge is 0.349 e. The Labute approximate surface area is 142 Å². The molecule has 8 heteroatoms. The molecule has 0 spiro atoms. The lowest BCUT2D eigenvalue weighted by molar-refractivity contribution is 0.0955. The van der Waals surface area contributed by atoms with Gasteiger partial charge in [0.25, 0.3) is 11.5 Å². The second-order valence-corrected chi connectivity index (χ2v) is 6.27. The summed E-state index contributed by atoms with van der Waals surface area (Å²) in [6, 6.07) is 6.95. The van der Waals surface area contributed by atoms with E-state index in [1.807, 2.05) is 42.9 Å². The first kappa shape index (κ1) is 16.1. The summed E-state index contributed by atoms with van der Waals surface area (Å²) in [4.78, 5) is 29.0. The van der Waals surface area contributed by atoms with E-state index in [1.54, 1.807) is 6.07 Å². The molecule has 0 bridgehead atoms. The van der Waals surface area contributed by atoms with E-state index in [4.69, 9.17) is 0 Å². The molecule has 7 nitrogen and oxygen atoms in total. The van der Waals surface area contributed by atoms with Crippen LogP contribution in [-0.4, -0.2) is 31.8 Å². The lowest BCUT2D eigenvalue weighted by atomic mass is 10.3. The van der Waals surface area contributed by atoms with Crippen LogP contribution in [0.4, 0.5) is 0 Å². The minimum absolute atomic E-state index is 0.182. The molecule has 0 aliphatic heterocycles. The summed E-state index contributed by atoms with van der Waals surface area (Å²) in [6.45, 7) is 4.28. The summed E-state index contributed by atoms with van der Waals surface area (Å²) < 4.78 is 3.21. The van der Waals surface area contributed by atoms with E-state index in [-0.39, 0.29) is 11.5 Å². The molecule has 0 aliphatic rings. The first-order chi connectivity index (χ1) is 11.5. The number of hydrogen-bond donors (Lipinski definition) is 1. The van der Waals surface area contributed by atoms with Crippen LogP contribution < -0.4 is 10.9 Å². The highest BCUT2D eigenvalue weighted by Gasteiger charge is 2.15. The molecule has 1 N–H and O–H groups in total. The molecule has 0 aliphatic carbocycles. The maximum atomic E-state index is 12.3. The quantitative estimate of drug-likeness (QED) is 0.762. The number of aryl methyl sites for hydroxylation is 2. The number of hydrogen-bond acceptors (Lipinski definition) is 5. The lowest BCUT2D eigenvalue weighted by Gasteiger charge is -2.06. The van der Waals surface area contributed by atoms with Gasteiger partial charge < -0.3 is 9.88 Å². The van der Waals surface area contributed by atoms with E-state index in [9.17, 15) is 9.59 Å². The van der Waals surface area contributed by atoms with Gasteiger partial charge in [-0.05, 0) is 32.0 Å². The third-order valence-electron chi connectivity index (χ3n) is 3.43. The minimum atomic E-state index is -0.191. The monoisotopic (exact) mass is 343 g/mol. The number of nitrogens with one attached hydrogen (secondary N) is 1. The Morgan fingerprint density at radius 3 is 2.75 bits per heavy atom. The summed E-state index contributed by atoms with van der Waals surface area (Å²) in [7, 11) is 0. The van der Waals surface area contributed by atoms with Crippen LogP contribution in [-0.2, 0) is 6.54 Å². The Hall–Kier alpha value is -2.74. The molecule has 124 valence electrons. The van der Waals surface area contributed by atoms with Gasteiger partial charge in [0.2, 0.25) is 0 Å². The summed E-state index contributed by atoms with van der Waals surface area (Å²) in [5.74, 6) is -0.191. The van der Waals surface area contributed by atoms with Crippen molar-refractivity contribution in [3.05, 3.63) is 63.3 Å². The Kier molecular flexibility index (Phi) is 4.57. The van der Waals surface area contributed by atoms with E-state index in [0.29, 0.717) is 23.7 Å².